The minimum absolute atomic E-state index is 0.00407. The van der Waals surface area contributed by atoms with Crippen molar-refractivity contribution in [2.45, 2.75) is 49.0 Å². The molecular weight excluding hydrogens is 196 g/mol. The first-order chi connectivity index (χ1) is 6.81. The Morgan fingerprint density at radius 1 is 1.29 bits per heavy atom. The number of thioether (sulfide) groups is 1. The lowest BCUT2D eigenvalue weighted by molar-refractivity contribution is -0.140. The van der Waals surface area contributed by atoms with Crippen molar-refractivity contribution < 1.29 is 9.53 Å². The van der Waals surface area contributed by atoms with E-state index in [0.29, 0.717) is 5.92 Å². The van der Waals surface area contributed by atoms with Crippen molar-refractivity contribution in [3.63, 3.8) is 0 Å². The van der Waals surface area contributed by atoms with Gasteiger partial charge in [0.15, 0.2) is 0 Å². The van der Waals surface area contributed by atoms with Gasteiger partial charge in [0.25, 0.3) is 0 Å². The molecule has 2 saturated carbocycles. The highest BCUT2D eigenvalue weighted by atomic mass is 32.2. The van der Waals surface area contributed by atoms with Crippen molar-refractivity contribution in [1.82, 2.24) is 0 Å². The van der Waals surface area contributed by atoms with Gasteiger partial charge in [-0.15, -0.1) is 11.8 Å². The number of ether oxygens (including phenoxy) is 1. The van der Waals surface area contributed by atoms with Gasteiger partial charge in [0.2, 0.25) is 0 Å². The Labute approximate surface area is 89.8 Å². The molecule has 14 heavy (non-hydrogen) atoms. The van der Waals surface area contributed by atoms with Crippen LogP contribution in [0, 0.1) is 5.92 Å². The maximum absolute atomic E-state index is 11.5. The molecule has 1 atom stereocenters. The van der Waals surface area contributed by atoms with Gasteiger partial charge in [0.05, 0.1) is 7.11 Å². The number of carbonyl (C=O) groups excluding carboxylic acids is 1. The summed E-state index contributed by atoms with van der Waals surface area (Å²) in [6.07, 6.45) is 7.72. The monoisotopic (exact) mass is 214 g/mol. The topological polar surface area (TPSA) is 26.3 Å². The van der Waals surface area contributed by atoms with Crippen LogP contribution in [-0.2, 0) is 9.53 Å². The Morgan fingerprint density at radius 3 is 2.43 bits per heavy atom. The summed E-state index contributed by atoms with van der Waals surface area (Å²) in [5.74, 6) is 0.623. The predicted molar refractivity (Wildman–Crippen MR) is 58.4 cm³/mol. The Hall–Kier alpha value is -0.180. The fourth-order valence-corrected chi connectivity index (χ4v) is 3.83. The molecule has 0 aromatic rings. The molecule has 2 aliphatic rings. The first-order valence-electron chi connectivity index (χ1n) is 5.54. The van der Waals surface area contributed by atoms with Gasteiger partial charge in [-0.3, -0.25) is 4.79 Å². The first kappa shape index (κ1) is 10.3. The van der Waals surface area contributed by atoms with Crippen molar-refractivity contribution in [3.05, 3.63) is 0 Å². The van der Waals surface area contributed by atoms with Crippen LogP contribution in [0.3, 0.4) is 0 Å². The third-order valence-corrected chi connectivity index (χ3v) is 4.85. The van der Waals surface area contributed by atoms with Gasteiger partial charge >= 0.3 is 5.97 Å². The smallest absolute Gasteiger partial charge is 0.319 e. The van der Waals surface area contributed by atoms with Crippen LogP contribution in [0.2, 0.25) is 0 Å². The van der Waals surface area contributed by atoms with Gasteiger partial charge in [-0.25, -0.2) is 0 Å². The molecule has 80 valence electrons. The number of hydrogen-bond donors (Lipinski definition) is 0. The lowest BCUT2D eigenvalue weighted by Gasteiger charge is -2.17. The highest BCUT2D eigenvalue weighted by Gasteiger charge is 2.39. The number of hydrogen-bond acceptors (Lipinski definition) is 3. The van der Waals surface area contributed by atoms with E-state index in [1.54, 1.807) is 0 Å². The van der Waals surface area contributed by atoms with Crippen LogP contribution in [0.1, 0.15) is 38.5 Å². The van der Waals surface area contributed by atoms with Gasteiger partial charge in [0.1, 0.15) is 5.25 Å². The molecule has 0 heterocycles. The molecule has 0 aromatic heterocycles. The van der Waals surface area contributed by atoms with Crippen molar-refractivity contribution >= 4 is 17.7 Å². The maximum atomic E-state index is 11.5. The second-order valence-corrected chi connectivity index (χ2v) is 5.77. The van der Waals surface area contributed by atoms with Crippen LogP contribution < -0.4 is 0 Å². The minimum atomic E-state index is 0.00407. The molecule has 2 nitrogen and oxygen atoms in total. The summed E-state index contributed by atoms with van der Waals surface area (Å²) in [6.45, 7) is 0. The lowest BCUT2D eigenvalue weighted by Crippen LogP contribution is -2.23. The number of carbonyl (C=O) groups is 1. The van der Waals surface area contributed by atoms with Gasteiger partial charge in [-0.2, -0.15) is 0 Å². The molecule has 0 saturated heterocycles. The summed E-state index contributed by atoms with van der Waals surface area (Å²) >= 11 is 1.88. The van der Waals surface area contributed by atoms with Crippen LogP contribution in [0.15, 0.2) is 0 Å². The Morgan fingerprint density at radius 2 is 1.93 bits per heavy atom. The Kier molecular flexibility index (Phi) is 3.37. The predicted octanol–water partition coefficient (Wildman–Crippen LogP) is 2.61. The van der Waals surface area contributed by atoms with E-state index < -0.39 is 0 Å². The van der Waals surface area contributed by atoms with Crippen LogP contribution in [0.4, 0.5) is 0 Å². The first-order valence-corrected chi connectivity index (χ1v) is 6.49. The Balaban J connectivity index is 1.86. The zero-order valence-electron chi connectivity index (χ0n) is 8.70. The third kappa shape index (κ3) is 2.44. The molecule has 0 spiro atoms. The molecule has 3 heteroatoms. The highest BCUT2D eigenvalue weighted by Crippen LogP contribution is 2.43. The normalized spacial score (nSPS) is 24.9. The van der Waals surface area contributed by atoms with E-state index in [2.05, 4.69) is 0 Å². The molecular formula is C11H18O2S. The van der Waals surface area contributed by atoms with Crippen molar-refractivity contribution in [2.75, 3.05) is 7.11 Å². The van der Waals surface area contributed by atoms with E-state index in [1.165, 1.54) is 45.6 Å². The van der Waals surface area contributed by atoms with E-state index in [0.717, 1.165) is 5.25 Å². The summed E-state index contributed by atoms with van der Waals surface area (Å²) in [5.41, 5.74) is 0. The zero-order chi connectivity index (χ0) is 9.97. The summed E-state index contributed by atoms with van der Waals surface area (Å²) in [7, 11) is 1.51. The summed E-state index contributed by atoms with van der Waals surface area (Å²) < 4.78 is 4.86. The fourth-order valence-electron chi connectivity index (χ4n) is 2.11. The second kappa shape index (κ2) is 4.56. The molecule has 0 aliphatic heterocycles. The second-order valence-electron chi connectivity index (χ2n) is 4.32. The number of rotatable bonds is 4. The molecule has 2 fully saturated rings. The molecule has 0 amide bonds. The maximum Gasteiger partial charge on any atom is 0.319 e. The lowest BCUT2D eigenvalue weighted by atomic mass is 10.3. The van der Waals surface area contributed by atoms with Gasteiger partial charge < -0.3 is 4.74 Å². The quantitative estimate of drug-likeness (QED) is 0.673. The van der Waals surface area contributed by atoms with E-state index in [4.69, 9.17) is 4.74 Å². The van der Waals surface area contributed by atoms with Gasteiger partial charge in [-0.05, 0) is 31.6 Å². The van der Waals surface area contributed by atoms with E-state index in [-0.39, 0.29) is 11.2 Å². The molecule has 0 aromatic carbocycles. The molecule has 0 N–H and O–H groups in total. The Bertz CT molecular complexity index is 207. The van der Waals surface area contributed by atoms with Crippen molar-refractivity contribution in [1.29, 1.82) is 0 Å². The van der Waals surface area contributed by atoms with Crippen molar-refractivity contribution in [3.8, 4) is 0 Å². The van der Waals surface area contributed by atoms with Crippen LogP contribution >= 0.6 is 11.8 Å². The van der Waals surface area contributed by atoms with Gasteiger partial charge in [0, 0.05) is 5.25 Å². The van der Waals surface area contributed by atoms with Crippen LogP contribution in [0.25, 0.3) is 0 Å². The summed E-state index contributed by atoms with van der Waals surface area (Å²) in [6, 6.07) is 0. The van der Waals surface area contributed by atoms with Crippen LogP contribution in [0.5, 0.6) is 0 Å². The highest BCUT2D eigenvalue weighted by molar-refractivity contribution is 8.01. The molecule has 0 radical (unpaired) electrons. The standard InChI is InChI=1S/C11H18O2S/c1-13-11(12)10(8-6-7-8)14-9-4-2-3-5-9/h8-10H,2-7H2,1H3. The number of esters is 1. The average Bonchev–Trinajstić information content (AvgIpc) is 2.92. The van der Waals surface area contributed by atoms with E-state index in [1.807, 2.05) is 11.8 Å². The van der Waals surface area contributed by atoms with Gasteiger partial charge in [-0.1, -0.05) is 12.8 Å². The van der Waals surface area contributed by atoms with Crippen molar-refractivity contribution in [2.24, 2.45) is 5.92 Å². The van der Waals surface area contributed by atoms with E-state index in [9.17, 15) is 4.79 Å². The fraction of sp³-hybridized carbons (Fsp3) is 0.909. The van der Waals surface area contributed by atoms with E-state index >= 15 is 0 Å². The summed E-state index contributed by atoms with van der Waals surface area (Å²) in [5, 5.41) is 0.864. The largest absolute Gasteiger partial charge is 0.468 e. The average molecular weight is 214 g/mol. The number of methoxy groups -OCH3 is 1. The molecule has 2 aliphatic carbocycles. The SMILES string of the molecule is COC(=O)C(SC1CCCC1)C1CC1. The third-order valence-electron chi connectivity index (χ3n) is 3.12. The molecule has 1 unspecified atom stereocenters. The van der Waals surface area contributed by atoms with Crippen LogP contribution in [-0.4, -0.2) is 23.6 Å². The summed E-state index contributed by atoms with van der Waals surface area (Å²) in [4.78, 5) is 11.5. The molecule has 2 rings (SSSR count). The zero-order valence-corrected chi connectivity index (χ0v) is 9.52. The minimum Gasteiger partial charge on any atom is -0.468 e. The molecule has 0 bridgehead atoms.